The van der Waals surface area contributed by atoms with Gasteiger partial charge in [-0.25, -0.2) is 0 Å². The maximum absolute atomic E-state index is 9.18. The van der Waals surface area contributed by atoms with E-state index in [0.29, 0.717) is 11.8 Å². The van der Waals surface area contributed by atoms with E-state index >= 15 is 0 Å². The minimum atomic E-state index is -0.0561. The van der Waals surface area contributed by atoms with Crippen molar-refractivity contribution in [2.75, 3.05) is 13.2 Å². The van der Waals surface area contributed by atoms with Gasteiger partial charge in [0.05, 0.1) is 6.61 Å². The first-order chi connectivity index (χ1) is 5.30. The van der Waals surface area contributed by atoms with Crippen molar-refractivity contribution in [1.29, 1.82) is 0 Å². The third-order valence-electron chi connectivity index (χ3n) is 3.26. The van der Waals surface area contributed by atoms with Gasteiger partial charge in [-0.05, 0) is 24.7 Å². The second kappa shape index (κ2) is 2.32. The fourth-order valence-electron chi connectivity index (χ4n) is 2.52. The number of aliphatic hydroxyl groups excluding tert-OH is 2. The minimum Gasteiger partial charge on any atom is -0.396 e. The summed E-state index contributed by atoms with van der Waals surface area (Å²) >= 11 is 0. The van der Waals surface area contributed by atoms with Crippen molar-refractivity contribution < 1.29 is 10.2 Å². The van der Waals surface area contributed by atoms with Gasteiger partial charge in [-0.1, -0.05) is 12.2 Å². The molecule has 62 valence electrons. The predicted octanol–water partition coefficient (Wildman–Crippen LogP) is 0.553. The SMILES string of the molecule is OC[C@@H]1CC2C=C[C@@]1(CO)C2. The predicted molar refractivity (Wildman–Crippen MR) is 42.0 cm³/mol. The number of hydrogen-bond donors (Lipinski definition) is 2. The molecule has 0 aromatic carbocycles. The maximum Gasteiger partial charge on any atom is 0.0525 e. The van der Waals surface area contributed by atoms with Crippen LogP contribution in [0.4, 0.5) is 0 Å². The van der Waals surface area contributed by atoms with Crippen LogP contribution in [-0.4, -0.2) is 23.4 Å². The largest absolute Gasteiger partial charge is 0.396 e. The van der Waals surface area contributed by atoms with E-state index in [1.54, 1.807) is 0 Å². The molecule has 0 spiro atoms. The Morgan fingerprint density at radius 2 is 2.27 bits per heavy atom. The first kappa shape index (κ1) is 7.32. The lowest BCUT2D eigenvalue weighted by atomic mass is 9.79. The van der Waals surface area contributed by atoms with Crippen LogP contribution in [0.5, 0.6) is 0 Å². The Balaban J connectivity index is 2.22. The second-order valence-corrected chi connectivity index (χ2v) is 3.83. The van der Waals surface area contributed by atoms with Crippen molar-refractivity contribution in [3.05, 3.63) is 12.2 Å². The number of aliphatic hydroxyl groups is 2. The van der Waals surface area contributed by atoms with E-state index in [1.165, 1.54) is 0 Å². The van der Waals surface area contributed by atoms with Crippen LogP contribution >= 0.6 is 0 Å². The number of allylic oxidation sites excluding steroid dienone is 1. The fraction of sp³-hybridized carbons (Fsp3) is 0.778. The molecular weight excluding hydrogens is 140 g/mol. The van der Waals surface area contributed by atoms with Crippen LogP contribution in [0.3, 0.4) is 0 Å². The van der Waals surface area contributed by atoms with Crippen LogP contribution in [0.2, 0.25) is 0 Å². The molecule has 0 saturated heterocycles. The van der Waals surface area contributed by atoms with Crippen LogP contribution in [0, 0.1) is 17.3 Å². The van der Waals surface area contributed by atoms with E-state index < -0.39 is 0 Å². The molecule has 0 aliphatic heterocycles. The van der Waals surface area contributed by atoms with E-state index in [2.05, 4.69) is 12.2 Å². The highest BCUT2D eigenvalue weighted by molar-refractivity contribution is 5.18. The third kappa shape index (κ3) is 0.861. The summed E-state index contributed by atoms with van der Waals surface area (Å²) in [6.45, 7) is 0.423. The highest BCUT2D eigenvalue weighted by atomic mass is 16.3. The molecule has 2 aliphatic rings. The molecule has 2 bridgehead atoms. The Morgan fingerprint density at radius 1 is 1.45 bits per heavy atom. The highest BCUT2D eigenvalue weighted by Crippen LogP contribution is 2.52. The molecule has 0 amide bonds. The molecule has 2 N–H and O–H groups in total. The fourth-order valence-corrected chi connectivity index (χ4v) is 2.52. The second-order valence-electron chi connectivity index (χ2n) is 3.83. The lowest BCUT2D eigenvalue weighted by molar-refractivity contribution is 0.0892. The summed E-state index contributed by atoms with van der Waals surface area (Å²) in [6.07, 6.45) is 6.40. The van der Waals surface area contributed by atoms with Gasteiger partial charge in [0, 0.05) is 12.0 Å². The zero-order chi connectivity index (χ0) is 7.90. The Labute approximate surface area is 66.5 Å². The van der Waals surface area contributed by atoms with Crippen molar-refractivity contribution in [3.63, 3.8) is 0 Å². The normalized spacial score (nSPS) is 47.1. The van der Waals surface area contributed by atoms with E-state index in [-0.39, 0.29) is 18.6 Å². The van der Waals surface area contributed by atoms with Gasteiger partial charge in [0.2, 0.25) is 0 Å². The summed E-state index contributed by atoms with van der Waals surface area (Å²) in [6, 6.07) is 0. The smallest absolute Gasteiger partial charge is 0.0525 e. The van der Waals surface area contributed by atoms with Gasteiger partial charge in [-0.15, -0.1) is 0 Å². The van der Waals surface area contributed by atoms with Gasteiger partial charge in [0.1, 0.15) is 0 Å². The summed E-state index contributed by atoms with van der Waals surface area (Å²) in [5.41, 5.74) is -0.0561. The molecule has 0 aromatic rings. The molecule has 2 heteroatoms. The molecule has 2 nitrogen and oxygen atoms in total. The van der Waals surface area contributed by atoms with Gasteiger partial charge in [0.15, 0.2) is 0 Å². The highest BCUT2D eigenvalue weighted by Gasteiger charge is 2.47. The number of rotatable bonds is 2. The van der Waals surface area contributed by atoms with Crippen molar-refractivity contribution in [2.24, 2.45) is 17.3 Å². The van der Waals surface area contributed by atoms with Gasteiger partial charge < -0.3 is 10.2 Å². The minimum absolute atomic E-state index is 0.0561. The molecule has 0 radical (unpaired) electrons. The molecule has 2 rings (SSSR count). The lowest BCUT2D eigenvalue weighted by Gasteiger charge is -2.28. The van der Waals surface area contributed by atoms with Gasteiger partial charge in [0.25, 0.3) is 0 Å². The molecule has 1 saturated carbocycles. The summed E-state index contributed by atoms with van der Waals surface area (Å²) in [5, 5.41) is 18.2. The summed E-state index contributed by atoms with van der Waals surface area (Å²) in [7, 11) is 0. The zero-order valence-corrected chi connectivity index (χ0v) is 6.53. The molecule has 2 aliphatic carbocycles. The van der Waals surface area contributed by atoms with Crippen molar-refractivity contribution >= 4 is 0 Å². The van der Waals surface area contributed by atoms with Crippen LogP contribution in [0.15, 0.2) is 12.2 Å². The van der Waals surface area contributed by atoms with Crippen LogP contribution in [0.1, 0.15) is 12.8 Å². The van der Waals surface area contributed by atoms with Crippen molar-refractivity contribution in [1.82, 2.24) is 0 Å². The number of fused-ring (bicyclic) bond motifs is 2. The third-order valence-corrected chi connectivity index (χ3v) is 3.26. The molecular formula is C9H14O2. The van der Waals surface area contributed by atoms with Crippen LogP contribution in [-0.2, 0) is 0 Å². The molecule has 11 heavy (non-hydrogen) atoms. The Morgan fingerprint density at radius 3 is 2.73 bits per heavy atom. The van der Waals surface area contributed by atoms with Gasteiger partial charge >= 0.3 is 0 Å². The quantitative estimate of drug-likeness (QED) is 0.570. The standard InChI is InChI=1S/C9H14O2/c10-5-8-3-7-1-2-9(8,4-7)6-11/h1-2,7-8,10-11H,3-6H2/t7?,8-,9-/m0/s1. The lowest BCUT2D eigenvalue weighted by Crippen LogP contribution is -2.29. The first-order valence-electron chi connectivity index (χ1n) is 4.22. The number of hydrogen-bond acceptors (Lipinski definition) is 2. The van der Waals surface area contributed by atoms with Crippen molar-refractivity contribution in [2.45, 2.75) is 12.8 Å². The molecule has 1 fully saturated rings. The van der Waals surface area contributed by atoms with Crippen LogP contribution in [0.25, 0.3) is 0 Å². The monoisotopic (exact) mass is 154 g/mol. The van der Waals surface area contributed by atoms with Gasteiger partial charge in [-0.3, -0.25) is 0 Å². The topological polar surface area (TPSA) is 40.5 Å². The summed E-state index contributed by atoms with van der Waals surface area (Å²) in [4.78, 5) is 0. The van der Waals surface area contributed by atoms with E-state index in [0.717, 1.165) is 12.8 Å². The van der Waals surface area contributed by atoms with E-state index in [1.807, 2.05) is 0 Å². The maximum atomic E-state index is 9.18. The van der Waals surface area contributed by atoms with E-state index in [9.17, 15) is 5.11 Å². The zero-order valence-electron chi connectivity index (χ0n) is 6.53. The molecule has 3 atom stereocenters. The molecule has 1 unspecified atom stereocenters. The first-order valence-corrected chi connectivity index (χ1v) is 4.22. The molecule has 0 heterocycles. The average molecular weight is 154 g/mol. The van der Waals surface area contributed by atoms with Gasteiger partial charge in [-0.2, -0.15) is 0 Å². The summed E-state index contributed by atoms with van der Waals surface area (Å²) < 4.78 is 0. The van der Waals surface area contributed by atoms with E-state index in [4.69, 9.17) is 5.11 Å². The van der Waals surface area contributed by atoms with Crippen LogP contribution < -0.4 is 0 Å². The average Bonchev–Trinajstić information content (AvgIpc) is 2.60. The summed E-state index contributed by atoms with van der Waals surface area (Å²) in [5.74, 6) is 0.932. The molecule has 0 aromatic heterocycles. The Kier molecular flexibility index (Phi) is 1.55. The Bertz CT molecular complexity index is 188. The van der Waals surface area contributed by atoms with Crippen molar-refractivity contribution in [3.8, 4) is 0 Å². The Hall–Kier alpha value is -0.340.